The van der Waals surface area contributed by atoms with E-state index in [4.69, 9.17) is 0 Å². The predicted octanol–water partition coefficient (Wildman–Crippen LogP) is 1.87. The summed E-state index contributed by atoms with van der Waals surface area (Å²) in [4.78, 5) is 16.8. The third-order valence-electron chi connectivity index (χ3n) is 4.57. The summed E-state index contributed by atoms with van der Waals surface area (Å²) in [5, 5.41) is 15.4. The van der Waals surface area contributed by atoms with Crippen LogP contribution in [0, 0.1) is 22.0 Å². The lowest BCUT2D eigenvalue weighted by atomic mass is 10.0. The molecule has 0 amide bonds. The van der Waals surface area contributed by atoms with E-state index in [1.165, 1.54) is 30.0 Å². The molecule has 0 spiro atoms. The molecule has 3 heterocycles. The van der Waals surface area contributed by atoms with E-state index in [0.29, 0.717) is 5.65 Å². The van der Waals surface area contributed by atoms with Gasteiger partial charge in [0, 0.05) is 19.2 Å². The molecule has 0 bridgehead atoms. The van der Waals surface area contributed by atoms with Gasteiger partial charge in [-0.15, -0.1) is 0 Å². The maximum absolute atomic E-state index is 11.0. The number of rotatable bonds is 2. The van der Waals surface area contributed by atoms with Crippen LogP contribution in [0.25, 0.3) is 5.65 Å². The second kappa shape index (κ2) is 4.16. The zero-order chi connectivity index (χ0) is 13.7. The summed E-state index contributed by atoms with van der Waals surface area (Å²) in [6, 6.07) is 3.70. The van der Waals surface area contributed by atoms with Crippen LogP contribution < -0.4 is 4.90 Å². The summed E-state index contributed by atoms with van der Waals surface area (Å²) in [5.41, 5.74) is 0.514. The molecule has 1 saturated carbocycles. The van der Waals surface area contributed by atoms with Crippen LogP contribution in [0.5, 0.6) is 0 Å². The van der Waals surface area contributed by atoms with Gasteiger partial charge in [-0.25, -0.2) is 4.98 Å². The number of imidazole rings is 1. The number of nitrogens with zero attached hydrogens (tertiary/aromatic N) is 5. The number of nitro groups is 1. The molecule has 20 heavy (non-hydrogen) atoms. The molecule has 2 fully saturated rings. The number of aromatic nitrogens is 3. The van der Waals surface area contributed by atoms with Crippen LogP contribution in [-0.4, -0.2) is 32.6 Å². The van der Waals surface area contributed by atoms with E-state index in [1.807, 2.05) is 6.07 Å². The van der Waals surface area contributed by atoms with E-state index in [9.17, 15) is 10.1 Å². The van der Waals surface area contributed by atoms with Gasteiger partial charge in [-0.2, -0.15) is 0 Å². The molecule has 2 unspecified atom stereocenters. The first-order chi connectivity index (χ1) is 9.72. The van der Waals surface area contributed by atoms with Crippen molar-refractivity contribution in [1.82, 2.24) is 14.6 Å². The quantitative estimate of drug-likeness (QED) is 0.616. The first kappa shape index (κ1) is 11.6. The van der Waals surface area contributed by atoms with E-state index < -0.39 is 4.92 Å². The van der Waals surface area contributed by atoms with Crippen molar-refractivity contribution in [1.29, 1.82) is 0 Å². The SMILES string of the molecule is O=[N+]([O-])c1cnc2ccc(N3CC4CCCC4C3)nn12. The van der Waals surface area contributed by atoms with Gasteiger partial charge in [-0.3, -0.25) is 0 Å². The smallest absolute Gasteiger partial charge is 0.358 e. The second-order valence-corrected chi connectivity index (χ2v) is 5.69. The highest BCUT2D eigenvalue weighted by Gasteiger charge is 2.37. The van der Waals surface area contributed by atoms with Crippen LogP contribution in [0.1, 0.15) is 19.3 Å². The van der Waals surface area contributed by atoms with Crippen molar-refractivity contribution < 1.29 is 4.92 Å². The molecule has 1 saturated heterocycles. The summed E-state index contributed by atoms with van der Waals surface area (Å²) in [6.07, 6.45) is 5.19. The fourth-order valence-electron chi connectivity index (χ4n) is 3.57. The highest BCUT2D eigenvalue weighted by Crippen LogP contribution is 2.39. The Morgan fingerprint density at radius 2 is 2.00 bits per heavy atom. The lowest BCUT2D eigenvalue weighted by molar-refractivity contribution is -0.391. The van der Waals surface area contributed by atoms with Crippen molar-refractivity contribution in [3.63, 3.8) is 0 Å². The summed E-state index contributed by atoms with van der Waals surface area (Å²) in [7, 11) is 0. The molecular formula is C13H15N5O2. The second-order valence-electron chi connectivity index (χ2n) is 5.69. The Bertz CT molecular complexity index is 670. The topological polar surface area (TPSA) is 76.6 Å². The highest BCUT2D eigenvalue weighted by molar-refractivity contribution is 5.50. The van der Waals surface area contributed by atoms with E-state index in [0.717, 1.165) is 30.7 Å². The Hall–Kier alpha value is -2.18. The van der Waals surface area contributed by atoms with Gasteiger partial charge >= 0.3 is 5.82 Å². The van der Waals surface area contributed by atoms with Crippen LogP contribution in [-0.2, 0) is 0 Å². The normalized spacial score (nSPS) is 25.3. The molecule has 7 heteroatoms. The van der Waals surface area contributed by atoms with E-state index in [-0.39, 0.29) is 5.82 Å². The molecule has 2 aliphatic rings. The van der Waals surface area contributed by atoms with Crippen LogP contribution in [0.4, 0.5) is 11.6 Å². The lowest BCUT2D eigenvalue weighted by Crippen LogP contribution is -2.22. The van der Waals surface area contributed by atoms with E-state index in [1.54, 1.807) is 6.07 Å². The maximum atomic E-state index is 11.0. The summed E-state index contributed by atoms with van der Waals surface area (Å²) >= 11 is 0. The van der Waals surface area contributed by atoms with Gasteiger partial charge < -0.3 is 15.0 Å². The predicted molar refractivity (Wildman–Crippen MR) is 72.7 cm³/mol. The van der Waals surface area contributed by atoms with Crippen LogP contribution >= 0.6 is 0 Å². The summed E-state index contributed by atoms with van der Waals surface area (Å²) < 4.78 is 1.32. The Morgan fingerprint density at radius 3 is 2.70 bits per heavy atom. The van der Waals surface area contributed by atoms with Crippen LogP contribution in [0.15, 0.2) is 18.3 Å². The molecular weight excluding hydrogens is 258 g/mol. The zero-order valence-electron chi connectivity index (χ0n) is 11.0. The minimum Gasteiger partial charge on any atom is -0.358 e. The third-order valence-corrected chi connectivity index (χ3v) is 4.57. The largest absolute Gasteiger partial charge is 0.368 e. The minimum absolute atomic E-state index is 0.0822. The van der Waals surface area contributed by atoms with Crippen LogP contribution in [0.3, 0.4) is 0 Å². The Balaban J connectivity index is 1.70. The van der Waals surface area contributed by atoms with Gasteiger partial charge in [0.15, 0.2) is 5.82 Å². The molecule has 0 radical (unpaired) electrons. The number of hydrogen-bond acceptors (Lipinski definition) is 5. The van der Waals surface area contributed by atoms with Gasteiger partial charge in [0.2, 0.25) is 5.65 Å². The van der Waals surface area contributed by atoms with Crippen molar-refractivity contribution in [2.45, 2.75) is 19.3 Å². The zero-order valence-corrected chi connectivity index (χ0v) is 11.0. The van der Waals surface area contributed by atoms with Gasteiger partial charge in [0.05, 0.1) is 0 Å². The standard InChI is InChI=1S/C13H15N5O2/c19-18(20)13-6-14-11-4-5-12(15-17(11)13)16-7-9-2-1-3-10(9)8-16/h4-6,9-10H,1-3,7-8H2. The molecule has 0 N–H and O–H groups in total. The molecule has 4 rings (SSSR count). The van der Waals surface area contributed by atoms with Crippen molar-refractivity contribution in [2.24, 2.45) is 11.8 Å². The molecule has 2 aromatic rings. The monoisotopic (exact) mass is 273 g/mol. The molecule has 104 valence electrons. The minimum atomic E-state index is -0.449. The first-order valence-corrected chi connectivity index (χ1v) is 6.96. The molecule has 1 aliphatic carbocycles. The number of fused-ring (bicyclic) bond motifs is 2. The Labute approximate surface area is 115 Å². The Kier molecular flexibility index (Phi) is 2.42. The molecule has 2 aromatic heterocycles. The van der Waals surface area contributed by atoms with Gasteiger partial charge in [-0.05, 0) is 35.7 Å². The van der Waals surface area contributed by atoms with Gasteiger partial charge in [0.1, 0.15) is 6.20 Å². The summed E-state index contributed by atoms with van der Waals surface area (Å²) in [6.45, 7) is 2.04. The molecule has 2 atom stereocenters. The molecule has 7 nitrogen and oxygen atoms in total. The summed E-state index contributed by atoms with van der Waals surface area (Å²) in [5.74, 6) is 2.27. The van der Waals surface area contributed by atoms with E-state index in [2.05, 4.69) is 15.0 Å². The van der Waals surface area contributed by atoms with Crippen molar-refractivity contribution in [2.75, 3.05) is 18.0 Å². The Morgan fingerprint density at radius 1 is 1.25 bits per heavy atom. The lowest BCUT2D eigenvalue weighted by Gasteiger charge is -2.16. The average Bonchev–Trinajstić information content (AvgIpc) is 3.11. The third kappa shape index (κ3) is 1.65. The molecule has 0 aromatic carbocycles. The van der Waals surface area contributed by atoms with Crippen molar-refractivity contribution in [3.05, 3.63) is 28.4 Å². The highest BCUT2D eigenvalue weighted by atomic mass is 16.6. The van der Waals surface area contributed by atoms with Gasteiger partial charge in [0.25, 0.3) is 0 Å². The van der Waals surface area contributed by atoms with Crippen molar-refractivity contribution in [3.8, 4) is 0 Å². The van der Waals surface area contributed by atoms with Crippen molar-refractivity contribution >= 4 is 17.3 Å². The van der Waals surface area contributed by atoms with Crippen LogP contribution in [0.2, 0.25) is 0 Å². The average molecular weight is 273 g/mol. The number of hydrogen-bond donors (Lipinski definition) is 0. The first-order valence-electron chi connectivity index (χ1n) is 6.96. The maximum Gasteiger partial charge on any atom is 0.368 e. The fraction of sp³-hybridized carbons (Fsp3) is 0.538. The fourth-order valence-corrected chi connectivity index (χ4v) is 3.57. The van der Waals surface area contributed by atoms with E-state index >= 15 is 0 Å². The number of anilines is 1. The molecule has 1 aliphatic heterocycles. The van der Waals surface area contributed by atoms with Gasteiger partial charge in [-0.1, -0.05) is 16.0 Å².